The molecular formula is C64H90N2O9. The van der Waals surface area contributed by atoms with Crippen LogP contribution in [0.2, 0.25) is 0 Å². The highest BCUT2D eigenvalue weighted by molar-refractivity contribution is 5.90. The third kappa shape index (κ3) is 13.1. The van der Waals surface area contributed by atoms with E-state index < -0.39 is 23.0 Å². The lowest BCUT2D eigenvalue weighted by molar-refractivity contribution is -0.179. The van der Waals surface area contributed by atoms with Gasteiger partial charge >= 0.3 is 11.9 Å². The van der Waals surface area contributed by atoms with Gasteiger partial charge in [0.25, 0.3) is 0 Å². The molecule has 12 rings (SSSR count). The van der Waals surface area contributed by atoms with Crippen LogP contribution in [0, 0.1) is 33.5 Å². The van der Waals surface area contributed by atoms with Crippen LogP contribution in [0.5, 0.6) is 11.5 Å². The molecule has 5 N–H and O–H groups in total. The number of carbonyl (C=O) groups is 3. The lowest BCUT2D eigenvalue weighted by Crippen LogP contribution is -2.63. The van der Waals surface area contributed by atoms with E-state index in [0.717, 1.165) is 98.3 Å². The van der Waals surface area contributed by atoms with Crippen molar-refractivity contribution in [1.82, 2.24) is 5.32 Å². The van der Waals surface area contributed by atoms with E-state index in [4.69, 9.17) is 24.7 Å². The van der Waals surface area contributed by atoms with E-state index in [-0.39, 0.29) is 23.0 Å². The minimum Gasteiger partial charge on any atom is -0.490 e. The predicted molar refractivity (Wildman–Crippen MR) is 298 cm³/mol. The summed E-state index contributed by atoms with van der Waals surface area (Å²) >= 11 is 0. The zero-order valence-electron chi connectivity index (χ0n) is 46.6. The van der Waals surface area contributed by atoms with Crippen LogP contribution in [-0.2, 0) is 25.6 Å². The van der Waals surface area contributed by atoms with Gasteiger partial charge < -0.3 is 40.2 Å². The fraction of sp³-hybridized carbons (Fsp3) is 0.641. The lowest BCUT2D eigenvalue weighted by Gasteiger charge is -2.54. The fourth-order valence-electron chi connectivity index (χ4n) is 13.7. The minimum atomic E-state index is -0.700. The molecule has 0 saturated heterocycles. The number of esters is 2. The van der Waals surface area contributed by atoms with Gasteiger partial charge in [0.1, 0.15) is 17.8 Å². The number of benzene rings is 4. The molecular weight excluding hydrogens is 941 g/mol. The number of nitrogens with two attached hydrogens (primary N) is 1. The van der Waals surface area contributed by atoms with Crippen LogP contribution in [0.3, 0.4) is 0 Å². The number of aliphatic hydroxyl groups is 2. The molecule has 8 saturated carbocycles. The number of aldehydes is 1. The summed E-state index contributed by atoms with van der Waals surface area (Å²) in [5, 5.41) is 29.3. The number of hydrogen-bond acceptors (Lipinski definition) is 11. The third-order valence-electron chi connectivity index (χ3n) is 19.0. The van der Waals surface area contributed by atoms with Gasteiger partial charge in [0.2, 0.25) is 0 Å². The monoisotopic (exact) mass is 1030 g/mol. The Morgan fingerprint density at radius 3 is 1.45 bits per heavy atom. The highest BCUT2D eigenvalue weighted by Crippen LogP contribution is 2.54. The molecule has 0 radical (unpaired) electrons. The highest BCUT2D eigenvalue weighted by atomic mass is 16.5. The molecule has 11 nitrogen and oxygen atoms in total. The predicted octanol–water partition coefficient (Wildman–Crippen LogP) is 12.7. The first-order chi connectivity index (χ1) is 35.6. The molecule has 8 aliphatic carbocycles. The highest BCUT2D eigenvalue weighted by Gasteiger charge is 2.59. The maximum Gasteiger partial charge on any atom is 0.314 e. The largest absolute Gasteiger partial charge is 0.490 e. The van der Waals surface area contributed by atoms with E-state index in [1.165, 1.54) is 42.0 Å². The van der Waals surface area contributed by atoms with Gasteiger partial charge in [-0.25, -0.2) is 0 Å². The topological polar surface area (TPSA) is 167 Å². The van der Waals surface area contributed by atoms with Gasteiger partial charge in [0.15, 0.2) is 0 Å². The Morgan fingerprint density at radius 1 is 0.587 bits per heavy atom. The summed E-state index contributed by atoms with van der Waals surface area (Å²) in [6.07, 6.45) is 17.2. The maximum atomic E-state index is 12.6. The molecule has 0 spiro atoms. The molecule has 11 heteroatoms. The number of aliphatic hydroxyl groups excluding tert-OH is 2. The van der Waals surface area contributed by atoms with Gasteiger partial charge in [-0.2, -0.15) is 0 Å². The Kier molecular flexibility index (Phi) is 17.5. The molecule has 4 bridgehead atoms. The van der Waals surface area contributed by atoms with Gasteiger partial charge in [-0.3, -0.25) is 14.4 Å². The number of fused-ring (bicyclic) bond motifs is 8. The summed E-state index contributed by atoms with van der Waals surface area (Å²) in [6, 6.07) is 25.0. The summed E-state index contributed by atoms with van der Waals surface area (Å²) in [5.41, 5.74) is 7.15. The number of carbonyl (C=O) groups excluding carboxylic acids is 3. The van der Waals surface area contributed by atoms with Crippen LogP contribution in [0.1, 0.15) is 187 Å². The molecule has 4 aromatic carbocycles. The van der Waals surface area contributed by atoms with Crippen molar-refractivity contribution in [3.05, 3.63) is 83.9 Å². The summed E-state index contributed by atoms with van der Waals surface area (Å²) < 4.78 is 23.0. The van der Waals surface area contributed by atoms with Crippen LogP contribution in [0.25, 0.3) is 21.5 Å². The van der Waals surface area contributed by atoms with Crippen molar-refractivity contribution in [1.29, 1.82) is 0 Å². The minimum absolute atomic E-state index is 0.105. The lowest BCUT2D eigenvalue weighted by atomic mass is 9.55. The quantitative estimate of drug-likeness (QED) is 0.0788. The van der Waals surface area contributed by atoms with E-state index in [1.54, 1.807) is 6.92 Å². The van der Waals surface area contributed by atoms with Gasteiger partial charge in [-0.1, -0.05) is 77.9 Å². The number of hydrogen-bond donors (Lipinski definition) is 4. The van der Waals surface area contributed by atoms with E-state index in [1.807, 2.05) is 37.3 Å². The zero-order valence-corrected chi connectivity index (χ0v) is 46.6. The van der Waals surface area contributed by atoms with Gasteiger partial charge in [-0.15, -0.1) is 0 Å². The van der Waals surface area contributed by atoms with Crippen LogP contribution in [0.4, 0.5) is 0 Å². The molecule has 0 heterocycles. The van der Waals surface area contributed by atoms with Crippen molar-refractivity contribution in [2.75, 3.05) is 13.2 Å². The summed E-state index contributed by atoms with van der Waals surface area (Å²) in [6.45, 7) is 19.2. The number of ether oxygens (including phenoxy) is 4. The molecule has 0 aliphatic heterocycles. The second-order valence-corrected chi connectivity index (χ2v) is 25.8. The standard InChI is InChI=1S/C32H45NO4.C21H26O2.C11H19NO3/c1-5-36-29(35)32-16-14-31(15-17-32,20-28(32)34)33-21-22-6-7-24-19-27(11-8-23(24)18-22)37-26-12-9-25(10-13-26)30(2,3)4;1-21(2,3)18-7-10-19(11-8-18)23-20-9-6-16-12-15(14-22)4-5-17(16)13-20;1-2-15-9(14)11-5-3-10(12,4-6-11)7-8(11)13/h6-8,11,18-19,25-26,28,33-34H,5,9-10,12-17,20-21H2,1-4H3;4-6,9,12-14,18-19H,7-8,10-11H2,1-3H3;8,13H,2-7,12H2,1H3. The van der Waals surface area contributed by atoms with Crippen LogP contribution < -0.4 is 20.5 Å². The second kappa shape index (κ2) is 23.2. The zero-order chi connectivity index (χ0) is 53.8. The van der Waals surface area contributed by atoms with Crippen molar-refractivity contribution in [2.24, 2.45) is 39.2 Å². The second-order valence-electron chi connectivity index (χ2n) is 25.8. The Bertz CT molecular complexity index is 2580. The van der Waals surface area contributed by atoms with Crippen molar-refractivity contribution < 1.29 is 43.5 Å². The molecule has 2 unspecified atom stereocenters. The number of nitrogens with one attached hydrogen (secondary N) is 1. The van der Waals surface area contributed by atoms with Crippen LogP contribution >= 0.6 is 0 Å². The smallest absolute Gasteiger partial charge is 0.314 e. The Labute approximate surface area is 447 Å². The van der Waals surface area contributed by atoms with Crippen molar-refractivity contribution in [3.8, 4) is 11.5 Å². The normalized spacial score (nSPS) is 31.3. The number of rotatable bonds is 12. The summed E-state index contributed by atoms with van der Waals surface area (Å²) in [5.74, 6) is 3.06. The first-order valence-corrected chi connectivity index (χ1v) is 28.7. The molecule has 4 aromatic rings. The Hall–Kier alpha value is -4.55. The fourth-order valence-corrected chi connectivity index (χ4v) is 13.7. The van der Waals surface area contributed by atoms with E-state index in [9.17, 15) is 24.6 Å². The third-order valence-corrected chi connectivity index (χ3v) is 19.0. The average molecular weight is 1030 g/mol. The average Bonchev–Trinajstić information content (AvgIpc) is 3.38. The molecule has 75 heavy (non-hydrogen) atoms. The summed E-state index contributed by atoms with van der Waals surface area (Å²) in [7, 11) is 0. The van der Waals surface area contributed by atoms with E-state index in [2.05, 4.69) is 89.3 Å². The SMILES string of the molecule is CC(C)(C)C1CCC(Oc2ccc3cc(C=O)ccc3c2)CC1.CCOC(=O)C12CCC(N)(CC1)CC2O.CCOC(=O)C12CCC(NCc3ccc4cc(OC5CCC(C(C)(C)C)CC5)ccc4c3)(CC1)CC2O. The van der Waals surface area contributed by atoms with Crippen molar-refractivity contribution in [3.63, 3.8) is 0 Å². The van der Waals surface area contributed by atoms with Gasteiger partial charge in [0, 0.05) is 23.2 Å². The van der Waals surface area contributed by atoms with Crippen molar-refractivity contribution >= 4 is 39.8 Å². The summed E-state index contributed by atoms with van der Waals surface area (Å²) in [4.78, 5) is 35.3. The first kappa shape index (κ1) is 56.6. The molecule has 0 aromatic heterocycles. The molecule has 2 atom stereocenters. The van der Waals surface area contributed by atoms with Crippen molar-refractivity contribution in [2.45, 2.75) is 213 Å². The molecule has 410 valence electrons. The van der Waals surface area contributed by atoms with E-state index in [0.29, 0.717) is 80.3 Å². The molecule has 0 amide bonds. The Morgan fingerprint density at radius 2 is 1.01 bits per heavy atom. The molecule has 8 fully saturated rings. The van der Waals surface area contributed by atoms with Crippen LogP contribution in [0.15, 0.2) is 72.8 Å². The van der Waals surface area contributed by atoms with E-state index >= 15 is 0 Å². The van der Waals surface area contributed by atoms with Crippen LogP contribution in [-0.4, -0.2) is 77.1 Å². The van der Waals surface area contributed by atoms with Gasteiger partial charge in [-0.05, 0) is 216 Å². The van der Waals surface area contributed by atoms with Gasteiger partial charge in [0.05, 0.1) is 48.5 Å². The molecule has 8 aliphatic rings. The first-order valence-electron chi connectivity index (χ1n) is 28.7. The Balaban J connectivity index is 0.000000166. The maximum absolute atomic E-state index is 12.6.